The Morgan fingerprint density at radius 3 is 2.86 bits per heavy atom. The summed E-state index contributed by atoms with van der Waals surface area (Å²) in [5, 5.41) is 14.0. The average molecular weight is 431 g/mol. The fourth-order valence-electron chi connectivity index (χ4n) is 3.07. The Balaban J connectivity index is 1.37. The van der Waals surface area contributed by atoms with E-state index in [9.17, 15) is 14.4 Å². The SMILES string of the molecule is O=C(Nc1ccc(C(=O)N2CCCC(C(=O)Nc3nncs3)C2)s1)c1ccco1. The van der Waals surface area contributed by atoms with Gasteiger partial charge in [-0.3, -0.25) is 14.4 Å². The van der Waals surface area contributed by atoms with Gasteiger partial charge in [-0.2, -0.15) is 0 Å². The lowest BCUT2D eigenvalue weighted by atomic mass is 9.97. The highest BCUT2D eigenvalue weighted by atomic mass is 32.1. The number of rotatable bonds is 5. The second-order valence-corrected chi connectivity index (χ2v) is 8.34. The van der Waals surface area contributed by atoms with Gasteiger partial charge < -0.3 is 20.0 Å². The number of amides is 3. The van der Waals surface area contributed by atoms with E-state index in [4.69, 9.17) is 4.42 Å². The molecule has 1 aliphatic rings. The first-order chi connectivity index (χ1) is 14.1. The summed E-state index contributed by atoms with van der Waals surface area (Å²) in [6.07, 6.45) is 2.88. The molecule has 29 heavy (non-hydrogen) atoms. The standard InChI is InChI=1S/C18H17N5O4S2/c24-15(21-18-22-19-10-28-18)11-3-1-7-23(9-11)17(26)13-5-6-14(29-13)20-16(25)12-4-2-8-27-12/h2,4-6,8,10-11H,1,3,7,9H2,(H,20,25)(H,21,22,24). The predicted molar refractivity (Wildman–Crippen MR) is 108 cm³/mol. The van der Waals surface area contributed by atoms with Gasteiger partial charge in [-0.1, -0.05) is 11.3 Å². The molecule has 0 bridgehead atoms. The van der Waals surface area contributed by atoms with Gasteiger partial charge in [-0.05, 0) is 37.1 Å². The van der Waals surface area contributed by atoms with Gasteiger partial charge in [0.2, 0.25) is 11.0 Å². The molecule has 3 aromatic rings. The van der Waals surface area contributed by atoms with Gasteiger partial charge >= 0.3 is 0 Å². The van der Waals surface area contributed by atoms with E-state index in [1.807, 2.05) is 0 Å². The zero-order valence-electron chi connectivity index (χ0n) is 15.2. The van der Waals surface area contributed by atoms with Crippen molar-refractivity contribution >= 4 is 50.5 Å². The fraction of sp³-hybridized carbons (Fsp3) is 0.278. The molecule has 1 atom stereocenters. The third-order valence-electron chi connectivity index (χ3n) is 4.47. The number of nitrogens with one attached hydrogen (secondary N) is 2. The van der Waals surface area contributed by atoms with Crippen LogP contribution < -0.4 is 10.6 Å². The molecule has 2 N–H and O–H groups in total. The number of furan rings is 1. The molecule has 0 aliphatic carbocycles. The van der Waals surface area contributed by atoms with E-state index in [0.29, 0.717) is 34.5 Å². The first-order valence-corrected chi connectivity index (χ1v) is 10.6. The third kappa shape index (κ3) is 4.51. The smallest absolute Gasteiger partial charge is 0.291 e. The molecular weight excluding hydrogens is 414 g/mol. The van der Waals surface area contributed by atoms with Gasteiger partial charge in [0.25, 0.3) is 11.8 Å². The molecule has 0 radical (unpaired) electrons. The van der Waals surface area contributed by atoms with E-state index >= 15 is 0 Å². The average Bonchev–Trinajstić information content (AvgIpc) is 3.50. The topological polar surface area (TPSA) is 117 Å². The van der Waals surface area contributed by atoms with Crippen molar-refractivity contribution in [1.82, 2.24) is 15.1 Å². The fourth-order valence-corrected chi connectivity index (χ4v) is 4.38. The monoisotopic (exact) mass is 431 g/mol. The van der Waals surface area contributed by atoms with Crippen LogP contribution in [-0.2, 0) is 4.79 Å². The van der Waals surface area contributed by atoms with Crippen LogP contribution in [0.3, 0.4) is 0 Å². The van der Waals surface area contributed by atoms with Crippen molar-refractivity contribution < 1.29 is 18.8 Å². The number of carbonyl (C=O) groups is 3. The van der Waals surface area contributed by atoms with Crippen molar-refractivity contribution in [3.05, 3.63) is 46.7 Å². The van der Waals surface area contributed by atoms with Gasteiger partial charge in [-0.25, -0.2) is 0 Å². The lowest BCUT2D eigenvalue weighted by molar-refractivity contribution is -0.121. The highest BCUT2D eigenvalue weighted by Gasteiger charge is 2.30. The third-order valence-corrected chi connectivity index (χ3v) is 6.06. The minimum Gasteiger partial charge on any atom is -0.459 e. The molecule has 1 saturated heterocycles. The number of thiophene rings is 1. The number of aromatic nitrogens is 2. The molecule has 11 heteroatoms. The Morgan fingerprint density at radius 1 is 1.21 bits per heavy atom. The Hall–Kier alpha value is -3.05. The quantitative estimate of drug-likeness (QED) is 0.641. The minimum atomic E-state index is -0.373. The number of carbonyl (C=O) groups excluding carboxylic acids is 3. The summed E-state index contributed by atoms with van der Waals surface area (Å²) in [5.74, 6) is -0.776. The van der Waals surface area contributed by atoms with Crippen LogP contribution in [0.4, 0.5) is 10.1 Å². The van der Waals surface area contributed by atoms with Crippen LogP contribution in [0.5, 0.6) is 0 Å². The summed E-state index contributed by atoms with van der Waals surface area (Å²) in [6.45, 7) is 0.933. The zero-order chi connectivity index (χ0) is 20.2. The second kappa shape index (κ2) is 8.53. The Bertz CT molecular complexity index is 1000. The van der Waals surface area contributed by atoms with Gasteiger partial charge in [0.05, 0.1) is 22.1 Å². The van der Waals surface area contributed by atoms with Gasteiger partial charge in [0, 0.05) is 13.1 Å². The number of piperidine rings is 1. The summed E-state index contributed by atoms with van der Waals surface area (Å²) in [4.78, 5) is 39.6. The van der Waals surface area contributed by atoms with Crippen LogP contribution in [0.2, 0.25) is 0 Å². The van der Waals surface area contributed by atoms with Gasteiger partial charge in [-0.15, -0.1) is 21.5 Å². The van der Waals surface area contributed by atoms with E-state index in [0.717, 1.165) is 6.42 Å². The lowest BCUT2D eigenvalue weighted by Crippen LogP contribution is -2.43. The maximum atomic E-state index is 12.9. The maximum Gasteiger partial charge on any atom is 0.291 e. The van der Waals surface area contributed by atoms with Crippen molar-refractivity contribution in [3.63, 3.8) is 0 Å². The molecule has 0 aromatic carbocycles. The van der Waals surface area contributed by atoms with Crippen LogP contribution >= 0.6 is 22.7 Å². The molecule has 9 nitrogen and oxygen atoms in total. The zero-order valence-corrected chi connectivity index (χ0v) is 16.8. The van der Waals surface area contributed by atoms with E-state index in [2.05, 4.69) is 20.8 Å². The van der Waals surface area contributed by atoms with Crippen LogP contribution in [0, 0.1) is 5.92 Å². The van der Waals surface area contributed by atoms with Crippen LogP contribution in [0.15, 0.2) is 40.5 Å². The van der Waals surface area contributed by atoms with Crippen LogP contribution in [0.1, 0.15) is 33.1 Å². The summed E-state index contributed by atoms with van der Waals surface area (Å²) < 4.78 is 5.06. The summed E-state index contributed by atoms with van der Waals surface area (Å²) >= 11 is 2.44. The van der Waals surface area contributed by atoms with E-state index in [1.165, 1.54) is 28.9 Å². The maximum absolute atomic E-state index is 12.9. The number of likely N-dealkylation sites (tertiary alicyclic amines) is 1. The molecule has 0 spiro atoms. The molecule has 1 unspecified atom stereocenters. The van der Waals surface area contributed by atoms with Crippen molar-refractivity contribution in [2.24, 2.45) is 5.92 Å². The number of anilines is 2. The largest absolute Gasteiger partial charge is 0.459 e. The first kappa shape index (κ1) is 19.3. The van der Waals surface area contributed by atoms with E-state index in [1.54, 1.807) is 34.7 Å². The minimum absolute atomic E-state index is 0.151. The highest BCUT2D eigenvalue weighted by Crippen LogP contribution is 2.26. The van der Waals surface area contributed by atoms with Crippen LogP contribution in [0.25, 0.3) is 0 Å². The highest BCUT2D eigenvalue weighted by molar-refractivity contribution is 7.18. The number of hydrogen-bond donors (Lipinski definition) is 2. The molecule has 3 aromatic heterocycles. The van der Waals surface area contributed by atoms with Crippen molar-refractivity contribution in [3.8, 4) is 0 Å². The molecule has 1 aliphatic heterocycles. The normalized spacial score (nSPS) is 16.4. The lowest BCUT2D eigenvalue weighted by Gasteiger charge is -2.31. The second-order valence-electron chi connectivity index (χ2n) is 6.42. The van der Waals surface area contributed by atoms with E-state index in [-0.39, 0.29) is 29.4 Å². The predicted octanol–water partition coefficient (Wildman–Crippen LogP) is 2.94. The van der Waals surface area contributed by atoms with Crippen molar-refractivity contribution in [1.29, 1.82) is 0 Å². The number of hydrogen-bond acceptors (Lipinski definition) is 8. The Morgan fingerprint density at radius 2 is 2.10 bits per heavy atom. The van der Waals surface area contributed by atoms with E-state index < -0.39 is 0 Å². The molecule has 4 rings (SSSR count). The number of nitrogens with zero attached hydrogens (tertiary/aromatic N) is 3. The molecule has 150 valence electrons. The first-order valence-electron chi connectivity index (χ1n) is 8.91. The van der Waals surface area contributed by atoms with Gasteiger partial charge in [0.1, 0.15) is 5.51 Å². The van der Waals surface area contributed by atoms with Crippen molar-refractivity contribution in [2.75, 3.05) is 23.7 Å². The summed E-state index contributed by atoms with van der Waals surface area (Å²) in [5.41, 5.74) is 1.55. The molecule has 4 heterocycles. The van der Waals surface area contributed by atoms with Gasteiger partial charge in [0.15, 0.2) is 5.76 Å². The summed E-state index contributed by atoms with van der Waals surface area (Å²) in [6, 6.07) is 6.56. The Kier molecular flexibility index (Phi) is 5.67. The molecule has 0 saturated carbocycles. The Labute approximate surface area is 173 Å². The van der Waals surface area contributed by atoms with Crippen molar-refractivity contribution in [2.45, 2.75) is 12.8 Å². The summed E-state index contributed by atoms with van der Waals surface area (Å²) in [7, 11) is 0. The molecule has 3 amide bonds. The molecular formula is C18H17N5O4S2. The molecule has 1 fully saturated rings. The van der Waals surface area contributed by atoms with Crippen LogP contribution in [-0.4, -0.2) is 45.9 Å².